The average Bonchev–Trinajstić information content (AvgIpc) is 3.17. The first kappa shape index (κ1) is 20.9. The van der Waals surface area contributed by atoms with Crippen molar-refractivity contribution in [2.24, 2.45) is 0 Å². The topological polar surface area (TPSA) is 76.0 Å². The molecule has 6 nitrogen and oxygen atoms in total. The van der Waals surface area contributed by atoms with Gasteiger partial charge in [0.15, 0.2) is 0 Å². The van der Waals surface area contributed by atoms with Gasteiger partial charge in [0.1, 0.15) is 0 Å². The van der Waals surface area contributed by atoms with E-state index in [9.17, 15) is 21.6 Å². The van der Waals surface area contributed by atoms with Crippen molar-refractivity contribution >= 4 is 21.4 Å². The Hall–Kier alpha value is -2.85. The first-order valence-corrected chi connectivity index (χ1v) is 10.2. The lowest BCUT2D eigenvalue weighted by molar-refractivity contribution is -0.137. The molecule has 10 heteroatoms. The Morgan fingerprint density at radius 1 is 1.10 bits per heavy atom. The minimum Gasteiger partial charge on any atom is -0.355 e. The number of hydrogen-bond donors (Lipinski definition) is 2. The van der Waals surface area contributed by atoms with E-state index >= 15 is 0 Å². The number of halogens is 3. The Kier molecular flexibility index (Phi) is 5.67. The molecule has 2 aromatic carbocycles. The van der Waals surface area contributed by atoms with E-state index in [0.29, 0.717) is 29.2 Å². The first-order chi connectivity index (χ1) is 13.6. The summed E-state index contributed by atoms with van der Waals surface area (Å²) in [6.45, 7) is 2.62. The lowest BCUT2D eigenvalue weighted by atomic mass is 10.1. The van der Waals surface area contributed by atoms with E-state index in [2.05, 4.69) is 15.0 Å². The summed E-state index contributed by atoms with van der Waals surface area (Å²) >= 11 is 0. The van der Waals surface area contributed by atoms with Gasteiger partial charge in [0.25, 0.3) is 0 Å². The zero-order valence-electron chi connectivity index (χ0n) is 15.7. The number of benzene rings is 2. The van der Waals surface area contributed by atoms with Crippen molar-refractivity contribution in [1.29, 1.82) is 0 Å². The number of hydrogen-bond acceptors (Lipinski definition) is 4. The molecule has 0 unspecified atom stereocenters. The lowest BCUT2D eigenvalue weighted by Gasteiger charge is -2.14. The smallest absolute Gasteiger partial charge is 0.355 e. The van der Waals surface area contributed by atoms with E-state index in [1.165, 1.54) is 31.3 Å². The molecule has 0 bridgehead atoms. The Bertz CT molecular complexity index is 1110. The van der Waals surface area contributed by atoms with Crippen LogP contribution in [-0.4, -0.2) is 25.0 Å². The summed E-state index contributed by atoms with van der Waals surface area (Å²) in [7, 11) is -2.36. The van der Waals surface area contributed by atoms with Crippen LogP contribution in [0.3, 0.4) is 0 Å². The van der Waals surface area contributed by atoms with Crippen molar-refractivity contribution < 1.29 is 21.6 Å². The van der Waals surface area contributed by atoms with Gasteiger partial charge in [-0.3, -0.25) is 0 Å². The summed E-state index contributed by atoms with van der Waals surface area (Å²) < 4.78 is 66.7. The molecule has 0 saturated carbocycles. The minimum atomic E-state index is -4.42. The summed E-state index contributed by atoms with van der Waals surface area (Å²) in [5.41, 5.74) is 1.24. The second-order valence-corrected chi connectivity index (χ2v) is 8.09. The van der Waals surface area contributed by atoms with Crippen LogP contribution in [0.1, 0.15) is 12.5 Å². The molecule has 0 radical (unpaired) electrons. The molecule has 154 valence electrons. The fourth-order valence-corrected chi connectivity index (χ4v) is 3.46. The molecule has 1 heterocycles. The van der Waals surface area contributed by atoms with E-state index in [-0.39, 0.29) is 4.90 Å². The number of nitrogens with one attached hydrogen (secondary N) is 2. The van der Waals surface area contributed by atoms with Crippen molar-refractivity contribution in [2.75, 3.05) is 12.4 Å². The molecule has 0 fully saturated rings. The Morgan fingerprint density at radius 2 is 1.79 bits per heavy atom. The van der Waals surface area contributed by atoms with Crippen LogP contribution in [0.2, 0.25) is 0 Å². The summed E-state index contributed by atoms with van der Waals surface area (Å²) in [6.07, 6.45) is -1.03. The van der Waals surface area contributed by atoms with E-state index in [0.717, 1.165) is 12.1 Å². The second-order valence-electron chi connectivity index (χ2n) is 6.20. The van der Waals surface area contributed by atoms with Crippen LogP contribution < -0.4 is 10.0 Å². The maximum atomic E-state index is 12.8. The van der Waals surface area contributed by atoms with E-state index < -0.39 is 21.8 Å². The van der Waals surface area contributed by atoms with Gasteiger partial charge >= 0.3 is 6.18 Å². The van der Waals surface area contributed by atoms with E-state index in [4.69, 9.17) is 0 Å². The highest BCUT2D eigenvalue weighted by atomic mass is 32.2. The third-order valence-electron chi connectivity index (χ3n) is 4.34. The van der Waals surface area contributed by atoms with Crippen LogP contribution in [0, 0.1) is 0 Å². The van der Waals surface area contributed by atoms with Crippen LogP contribution in [0.25, 0.3) is 11.3 Å². The number of nitrogens with zero attached hydrogens (tertiary/aromatic N) is 2. The van der Waals surface area contributed by atoms with Crippen LogP contribution in [0.15, 0.2) is 59.9 Å². The van der Waals surface area contributed by atoms with Crippen LogP contribution in [-0.2, 0) is 22.7 Å². The monoisotopic (exact) mass is 424 g/mol. The van der Waals surface area contributed by atoms with Crippen LogP contribution >= 0.6 is 0 Å². The quantitative estimate of drug-likeness (QED) is 0.621. The number of alkyl halides is 3. The Labute approximate surface area is 166 Å². The van der Waals surface area contributed by atoms with Crippen molar-refractivity contribution in [3.8, 4) is 11.3 Å². The van der Waals surface area contributed by atoms with Gasteiger partial charge in [-0.25, -0.2) is 18.1 Å². The van der Waals surface area contributed by atoms with Gasteiger partial charge in [-0.15, -0.1) is 0 Å². The molecule has 0 aliphatic heterocycles. The number of rotatable bonds is 6. The maximum Gasteiger partial charge on any atom is 0.416 e. The maximum absolute atomic E-state index is 12.8. The van der Waals surface area contributed by atoms with Crippen molar-refractivity contribution in [3.05, 3.63) is 60.6 Å². The normalized spacial score (nSPS) is 12.2. The van der Waals surface area contributed by atoms with Crippen molar-refractivity contribution in [1.82, 2.24) is 14.3 Å². The minimum absolute atomic E-state index is 0.0546. The number of aromatic nitrogens is 2. The number of imidazole rings is 1. The third kappa shape index (κ3) is 4.60. The SMILES string of the molecule is CCn1cnc(-c2cc(S(=O)(=O)NC)ccc2Nc2ccc(C(F)(F)F)cc2)c1. The highest BCUT2D eigenvalue weighted by Crippen LogP contribution is 2.33. The van der Waals surface area contributed by atoms with Gasteiger partial charge in [0.05, 0.1) is 22.5 Å². The number of anilines is 2. The first-order valence-electron chi connectivity index (χ1n) is 8.68. The molecule has 0 aliphatic rings. The van der Waals surface area contributed by atoms with Crippen molar-refractivity contribution in [3.63, 3.8) is 0 Å². The summed E-state index contributed by atoms with van der Waals surface area (Å²) in [6, 6.07) is 9.04. The largest absolute Gasteiger partial charge is 0.416 e. The molecule has 3 aromatic rings. The van der Waals surface area contributed by atoms with Gasteiger partial charge < -0.3 is 9.88 Å². The summed E-state index contributed by atoms with van der Waals surface area (Å²) in [4.78, 5) is 4.37. The van der Waals surface area contributed by atoms with Crippen LogP contribution in [0.4, 0.5) is 24.5 Å². The predicted octanol–water partition coefficient (Wildman–Crippen LogP) is 4.24. The summed E-state index contributed by atoms with van der Waals surface area (Å²) in [5.74, 6) is 0. The van der Waals surface area contributed by atoms with Gasteiger partial charge in [-0.2, -0.15) is 13.2 Å². The number of aryl methyl sites for hydroxylation is 1. The highest BCUT2D eigenvalue weighted by molar-refractivity contribution is 7.89. The fraction of sp³-hybridized carbons (Fsp3) is 0.211. The van der Waals surface area contributed by atoms with Gasteiger partial charge in [0, 0.05) is 29.7 Å². The zero-order valence-corrected chi connectivity index (χ0v) is 16.5. The molecule has 2 N–H and O–H groups in total. The zero-order chi connectivity index (χ0) is 21.2. The lowest BCUT2D eigenvalue weighted by Crippen LogP contribution is -2.18. The molecular formula is C19H19F3N4O2S. The van der Waals surface area contributed by atoms with Gasteiger partial charge in [-0.1, -0.05) is 0 Å². The molecule has 3 rings (SSSR count). The fourth-order valence-electron chi connectivity index (χ4n) is 2.70. The standard InChI is InChI=1S/C19H19F3N4O2S/c1-3-26-11-18(24-12-26)16-10-15(29(27,28)23-2)8-9-17(16)25-14-6-4-13(5-7-14)19(20,21)22/h4-12,23,25H,3H2,1-2H3. The summed E-state index contributed by atoms with van der Waals surface area (Å²) in [5, 5.41) is 3.04. The Balaban J connectivity index is 2.03. The molecule has 0 amide bonds. The number of sulfonamides is 1. The molecule has 1 aromatic heterocycles. The predicted molar refractivity (Wildman–Crippen MR) is 104 cm³/mol. The molecule has 0 saturated heterocycles. The molecule has 0 spiro atoms. The highest BCUT2D eigenvalue weighted by Gasteiger charge is 2.30. The van der Waals surface area contributed by atoms with Gasteiger partial charge in [0.2, 0.25) is 10.0 Å². The van der Waals surface area contributed by atoms with E-state index in [1.54, 1.807) is 18.6 Å². The molecular weight excluding hydrogens is 405 g/mol. The van der Waals surface area contributed by atoms with Crippen molar-refractivity contribution in [2.45, 2.75) is 24.5 Å². The third-order valence-corrected chi connectivity index (χ3v) is 5.75. The average molecular weight is 424 g/mol. The molecule has 29 heavy (non-hydrogen) atoms. The molecule has 0 atom stereocenters. The van der Waals surface area contributed by atoms with E-state index in [1.807, 2.05) is 11.5 Å². The van der Waals surface area contributed by atoms with Crippen LogP contribution in [0.5, 0.6) is 0 Å². The molecule has 0 aliphatic carbocycles. The Morgan fingerprint density at radius 3 is 2.34 bits per heavy atom. The second kappa shape index (κ2) is 7.88. The van der Waals surface area contributed by atoms with Gasteiger partial charge in [-0.05, 0) is 56.4 Å².